The van der Waals surface area contributed by atoms with Gasteiger partial charge in [0, 0.05) is 26.2 Å². The maximum absolute atomic E-state index is 11.9. The van der Waals surface area contributed by atoms with Crippen molar-refractivity contribution in [3.05, 3.63) is 0 Å². The fourth-order valence-electron chi connectivity index (χ4n) is 1.47. The van der Waals surface area contributed by atoms with E-state index < -0.39 is 5.41 Å². The summed E-state index contributed by atoms with van der Waals surface area (Å²) in [5.41, 5.74) is -0.657. The average molecular weight is 194 g/mol. The van der Waals surface area contributed by atoms with E-state index in [-0.39, 0.29) is 5.91 Å². The number of nitrogens with zero attached hydrogens (tertiary/aromatic N) is 2. The Bertz CT molecular complexity index is 257. The number of rotatable bonds is 1. The summed E-state index contributed by atoms with van der Waals surface area (Å²) in [5.74, 6) is 2.62. The van der Waals surface area contributed by atoms with Crippen LogP contribution in [0.1, 0.15) is 13.8 Å². The summed E-state index contributed by atoms with van der Waals surface area (Å²) >= 11 is 0. The van der Waals surface area contributed by atoms with Crippen LogP contribution < -0.4 is 0 Å². The van der Waals surface area contributed by atoms with E-state index in [4.69, 9.17) is 6.42 Å². The summed E-state index contributed by atoms with van der Waals surface area (Å²) < 4.78 is 0. The van der Waals surface area contributed by atoms with Crippen LogP contribution in [0.25, 0.3) is 0 Å². The van der Waals surface area contributed by atoms with Crippen molar-refractivity contribution in [2.45, 2.75) is 13.8 Å². The fraction of sp³-hybridized carbons (Fsp3) is 0.727. The molecular weight excluding hydrogens is 176 g/mol. The highest BCUT2D eigenvalue weighted by Crippen LogP contribution is 2.18. The van der Waals surface area contributed by atoms with Gasteiger partial charge in [0.1, 0.15) is 5.41 Å². The Kier molecular flexibility index (Phi) is 3.17. The Morgan fingerprint density at radius 2 is 1.79 bits per heavy atom. The predicted octanol–water partition coefficient (Wildman–Crippen LogP) is 0.420. The van der Waals surface area contributed by atoms with Crippen LogP contribution in [-0.2, 0) is 4.79 Å². The first kappa shape index (κ1) is 11.1. The molecule has 1 aliphatic rings. The summed E-state index contributed by atoms with van der Waals surface area (Å²) in [4.78, 5) is 16.0. The number of piperazine rings is 1. The van der Waals surface area contributed by atoms with Crippen LogP contribution >= 0.6 is 0 Å². The molecule has 0 aliphatic carbocycles. The topological polar surface area (TPSA) is 23.6 Å². The van der Waals surface area contributed by atoms with E-state index in [1.165, 1.54) is 0 Å². The molecule has 1 saturated heterocycles. The van der Waals surface area contributed by atoms with Crippen LogP contribution in [0.5, 0.6) is 0 Å². The molecule has 0 radical (unpaired) electrons. The number of terminal acetylenes is 1. The molecule has 1 heterocycles. The molecule has 1 fully saturated rings. The van der Waals surface area contributed by atoms with E-state index in [1.807, 2.05) is 4.90 Å². The number of likely N-dealkylation sites (N-methyl/N-ethyl adjacent to an activating group) is 1. The van der Waals surface area contributed by atoms with Crippen LogP contribution in [-0.4, -0.2) is 48.9 Å². The Morgan fingerprint density at radius 3 is 2.21 bits per heavy atom. The number of hydrogen-bond acceptors (Lipinski definition) is 2. The molecule has 0 atom stereocenters. The van der Waals surface area contributed by atoms with Crippen molar-refractivity contribution < 1.29 is 4.79 Å². The van der Waals surface area contributed by atoms with Gasteiger partial charge in [-0.05, 0) is 20.9 Å². The van der Waals surface area contributed by atoms with E-state index >= 15 is 0 Å². The second-order valence-electron chi connectivity index (χ2n) is 4.36. The summed E-state index contributed by atoms with van der Waals surface area (Å²) in [7, 11) is 2.06. The largest absolute Gasteiger partial charge is 0.339 e. The Morgan fingerprint density at radius 1 is 1.29 bits per heavy atom. The summed E-state index contributed by atoms with van der Waals surface area (Å²) in [5, 5.41) is 0. The zero-order valence-electron chi connectivity index (χ0n) is 9.21. The first-order valence-corrected chi connectivity index (χ1v) is 4.93. The van der Waals surface area contributed by atoms with E-state index in [0.717, 1.165) is 26.2 Å². The normalized spacial score (nSPS) is 19.1. The average Bonchev–Trinajstić information content (AvgIpc) is 2.18. The molecule has 1 amide bonds. The predicted molar refractivity (Wildman–Crippen MR) is 56.7 cm³/mol. The Balaban J connectivity index is 2.59. The molecule has 0 aromatic carbocycles. The maximum atomic E-state index is 11.9. The van der Waals surface area contributed by atoms with Gasteiger partial charge in [-0.3, -0.25) is 4.79 Å². The molecule has 14 heavy (non-hydrogen) atoms. The van der Waals surface area contributed by atoms with Crippen LogP contribution in [0.3, 0.4) is 0 Å². The van der Waals surface area contributed by atoms with Crippen molar-refractivity contribution in [1.82, 2.24) is 9.80 Å². The molecule has 0 N–H and O–H groups in total. The second-order valence-corrected chi connectivity index (χ2v) is 4.36. The van der Waals surface area contributed by atoms with Crippen molar-refractivity contribution in [1.29, 1.82) is 0 Å². The molecule has 3 nitrogen and oxygen atoms in total. The van der Waals surface area contributed by atoms with Gasteiger partial charge in [-0.1, -0.05) is 5.92 Å². The van der Waals surface area contributed by atoms with Gasteiger partial charge >= 0.3 is 0 Å². The van der Waals surface area contributed by atoms with Crippen molar-refractivity contribution in [2.24, 2.45) is 5.41 Å². The van der Waals surface area contributed by atoms with E-state index in [1.54, 1.807) is 13.8 Å². The SMILES string of the molecule is C#CC(C)(C)C(=O)N1CCN(C)CC1. The molecule has 78 valence electrons. The summed E-state index contributed by atoms with van der Waals surface area (Å²) in [6.45, 7) is 7.06. The molecule has 0 aromatic heterocycles. The molecule has 3 heteroatoms. The summed E-state index contributed by atoms with van der Waals surface area (Å²) in [6.07, 6.45) is 5.33. The first-order valence-electron chi connectivity index (χ1n) is 4.93. The number of amides is 1. The Labute approximate surface area is 86.1 Å². The molecule has 0 bridgehead atoms. The van der Waals surface area contributed by atoms with Gasteiger partial charge in [0.15, 0.2) is 0 Å². The lowest BCUT2D eigenvalue weighted by Crippen LogP contribution is -2.50. The third kappa shape index (κ3) is 2.27. The standard InChI is InChI=1S/C11H18N2O/c1-5-11(2,3)10(14)13-8-6-12(4)7-9-13/h1H,6-9H2,2-4H3. The number of carbonyl (C=O) groups excluding carboxylic acids is 1. The van der Waals surface area contributed by atoms with E-state index in [2.05, 4.69) is 17.9 Å². The van der Waals surface area contributed by atoms with Gasteiger partial charge in [0.25, 0.3) is 0 Å². The molecule has 0 saturated carbocycles. The molecule has 1 aliphatic heterocycles. The smallest absolute Gasteiger partial charge is 0.240 e. The third-order valence-electron chi connectivity index (χ3n) is 2.69. The minimum absolute atomic E-state index is 0.0769. The van der Waals surface area contributed by atoms with Gasteiger partial charge in [-0.25, -0.2) is 0 Å². The first-order chi connectivity index (χ1) is 6.47. The fourth-order valence-corrected chi connectivity index (χ4v) is 1.47. The van der Waals surface area contributed by atoms with Gasteiger partial charge < -0.3 is 9.80 Å². The lowest BCUT2D eigenvalue weighted by Gasteiger charge is -2.35. The van der Waals surface area contributed by atoms with Crippen molar-refractivity contribution in [3.8, 4) is 12.3 Å². The van der Waals surface area contributed by atoms with Crippen LogP contribution in [0.4, 0.5) is 0 Å². The monoisotopic (exact) mass is 194 g/mol. The van der Waals surface area contributed by atoms with Gasteiger partial charge in [-0.2, -0.15) is 0 Å². The highest BCUT2D eigenvalue weighted by atomic mass is 16.2. The molecule has 1 rings (SSSR count). The minimum Gasteiger partial charge on any atom is -0.339 e. The molecule has 0 aromatic rings. The Hall–Kier alpha value is -1.01. The summed E-state index contributed by atoms with van der Waals surface area (Å²) in [6, 6.07) is 0. The zero-order chi connectivity index (χ0) is 10.8. The zero-order valence-corrected chi connectivity index (χ0v) is 9.21. The third-order valence-corrected chi connectivity index (χ3v) is 2.69. The number of hydrogen-bond donors (Lipinski definition) is 0. The van der Waals surface area contributed by atoms with Gasteiger partial charge in [0.05, 0.1) is 0 Å². The lowest BCUT2D eigenvalue weighted by molar-refractivity contribution is -0.139. The van der Waals surface area contributed by atoms with E-state index in [9.17, 15) is 4.79 Å². The van der Waals surface area contributed by atoms with Crippen molar-refractivity contribution in [3.63, 3.8) is 0 Å². The molecule has 0 unspecified atom stereocenters. The van der Waals surface area contributed by atoms with Crippen LogP contribution in [0.15, 0.2) is 0 Å². The van der Waals surface area contributed by atoms with Gasteiger partial charge in [-0.15, -0.1) is 6.42 Å². The molecule has 0 spiro atoms. The van der Waals surface area contributed by atoms with Crippen molar-refractivity contribution in [2.75, 3.05) is 33.2 Å². The maximum Gasteiger partial charge on any atom is 0.240 e. The minimum atomic E-state index is -0.657. The molecular formula is C11H18N2O. The van der Waals surface area contributed by atoms with Crippen molar-refractivity contribution >= 4 is 5.91 Å². The van der Waals surface area contributed by atoms with E-state index in [0.29, 0.717) is 0 Å². The van der Waals surface area contributed by atoms with Crippen LogP contribution in [0, 0.1) is 17.8 Å². The lowest BCUT2D eigenvalue weighted by atomic mass is 9.92. The van der Waals surface area contributed by atoms with Crippen LogP contribution in [0.2, 0.25) is 0 Å². The second kappa shape index (κ2) is 4.02. The number of carbonyl (C=O) groups is 1. The highest BCUT2D eigenvalue weighted by molar-refractivity contribution is 5.85. The van der Waals surface area contributed by atoms with Gasteiger partial charge in [0.2, 0.25) is 5.91 Å². The quantitative estimate of drug-likeness (QED) is 0.565. The highest BCUT2D eigenvalue weighted by Gasteiger charge is 2.31.